The molecule has 0 aliphatic heterocycles. The van der Waals surface area contributed by atoms with Gasteiger partial charge in [0.1, 0.15) is 6.54 Å². The largest absolute Gasteiger partial charge is 0.493 e. The summed E-state index contributed by atoms with van der Waals surface area (Å²) < 4.78 is 35.4. The minimum Gasteiger partial charge on any atom is -0.493 e. The molecule has 0 atom stereocenters. The molecule has 0 bridgehead atoms. The summed E-state index contributed by atoms with van der Waals surface area (Å²) in [6, 6.07) is 4.42. The Hall–Kier alpha value is -3.24. The molecular formula is C15H16F2N4O5. The second-order valence-electron chi connectivity index (χ2n) is 5.22. The minimum atomic E-state index is -3.01. The molecule has 0 unspecified atom stereocenters. The number of likely N-dealkylation sites (N-methyl/N-ethyl adjacent to an activating group) is 1. The summed E-state index contributed by atoms with van der Waals surface area (Å²) in [6.45, 7) is -3.11. The molecule has 1 amide bonds. The number of hydrogen-bond donors (Lipinski definition) is 1. The van der Waals surface area contributed by atoms with E-state index in [1.54, 1.807) is 6.07 Å². The second-order valence-corrected chi connectivity index (χ2v) is 5.22. The van der Waals surface area contributed by atoms with Gasteiger partial charge in [-0.25, -0.2) is 9.48 Å². The number of alkyl halides is 2. The highest BCUT2D eigenvalue weighted by molar-refractivity contribution is 5.84. The maximum Gasteiger partial charge on any atom is 0.387 e. The van der Waals surface area contributed by atoms with E-state index in [9.17, 15) is 18.4 Å². The molecule has 0 saturated heterocycles. The van der Waals surface area contributed by atoms with Crippen LogP contribution in [0.4, 0.5) is 8.78 Å². The van der Waals surface area contributed by atoms with Crippen molar-refractivity contribution in [2.75, 3.05) is 14.2 Å². The van der Waals surface area contributed by atoms with Gasteiger partial charge < -0.3 is 19.5 Å². The Balaban J connectivity index is 2.04. The highest BCUT2D eigenvalue weighted by Gasteiger charge is 2.16. The summed E-state index contributed by atoms with van der Waals surface area (Å²) in [5.74, 6) is -1.61. The number of hydrogen-bond acceptors (Lipinski definition) is 6. The number of carboxylic acids is 1. The van der Waals surface area contributed by atoms with Crippen molar-refractivity contribution in [1.29, 1.82) is 0 Å². The van der Waals surface area contributed by atoms with Crippen LogP contribution in [0.2, 0.25) is 0 Å². The van der Waals surface area contributed by atoms with E-state index in [1.165, 1.54) is 31.2 Å². The van der Waals surface area contributed by atoms with Crippen molar-refractivity contribution in [2.24, 2.45) is 0 Å². The third-order valence-corrected chi connectivity index (χ3v) is 3.34. The average Bonchev–Trinajstić information content (AvgIpc) is 3.03. The van der Waals surface area contributed by atoms with Gasteiger partial charge >= 0.3 is 12.6 Å². The van der Waals surface area contributed by atoms with Crippen molar-refractivity contribution in [3.05, 3.63) is 35.7 Å². The summed E-state index contributed by atoms with van der Waals surface area (Å²) in [5.41, 5.74) is 0.270. The number of carboxylic acid groups (broad SMARTS) is 1. The molecular weight excluding hydrogens is 354 g/mol. The first-order chi connectivity index (χ1) is 12.3. The third kappa shape index (κ3) is 4.88. The van der Waals surface area contributed by atoms with Crippen molar-refractivity contribution in [1.82, 2.24) is 19.9 Å². The van der Waals surface area contributed by atoms with Gasteiger partial charge in [-0.3, -0.25) is 4.79 Å². The average molecular weight is 370 g/mol. The predicted octanol–water partition coefficient (Wildman–Crippen LogP) is 1.24. The highest BCUT2D eigenvalue weighted by atomic mass is 19.3. The Morgan fingerprint density at radius 2 is 2.08 bits per heavy atom. The monoisotopic (exact) mass is 370 g/mol. The number of rotatable bonds is 8. The summed E-state index contributed by atoms with van der Waals surface area (Å²) in [7, 11) is 2.84. The maximum atomic E-state index is 12.5. The van der Waals surface area contributed by atoms with Gasteiger partial charge in [-0.15, -0.1) is 5.10 Å². The van der Waals surface area contributed by atoms with Gasteiger partial charge in [-0.2, -0.15) is 8.78 Å². The quantitative estimate of drug-likeness (QED) is 0.745. The predicted molar refractivity (Wildman–Crippen MR) is 83.1 cm³/mol. The SMILES string of the molecule is COc1ccc(CN(C)C(=O)Cn2cc(C(=O)O)nn2)cc1OC(F)F. The van der Waals surface area contributed by atoms with Crippen molar-refractivity contribution >= 4 is 11.9 Å². The van der Waals surface area contributed by atoms with Crippen LogP contribution in [0, 0.1) is 0 Å². The van der Waals surface area contributed by atoms with Crippen LogP contribution in [0.5, 0.6) is 11.5 Å². The first-order valence-corrected chi connectivity index (χ1v) is 7.29. The number of benzene rings is 1. The standard InChI is InChI=1S/C15H16F2N4O5/c1-20(13(22)8-21-7-10(14(23)24)18-19-21)6-9-3-4-11(25-2)12(5-9)26-15(16)17/h3-5,7,15H,6,8H2,1-2H3,(H,23,24). The fraction of sp³-hybridized carbons (Fsp3) is 0.333. The number of methoxy groups -OCH3 is 1. The zero-order valence-corrected chi connectivity index (χ0v) is 13.9. The number of carbonyl (C=O) groups is 2. The van der Waals surface area contributed by atoms with Crippen LogP contribution in [-0.2, 0) is 17.9 Å². The van der Waals surface area contributed by atoms with E-state index in [0.717, 1.165) is 10.9 Å². The van der Waals surface area contributed by atoms with E-state index >= 15 is 0 Å². The van der Waals surface area contributed by atoms with E-state index in [0.29, 0.717) is 5.56 Å². The molecule has 0 spiro atoms. The van der Waals surface area contributed by atoms with Gasteiger partial charge in [-0.1, -0.05) is 11.3 Å². The zero-order chi connectivity index (χ0) is 19.3. The van der Waals surface area contributed by atoms with Crippen LogP contribution in [0.1, 0.15) is 16.1 Å². The summed E-state index contributed by atoms with van der Waals surface area (Å²) in [5, 5.41) is 15.7. The van der Waals surface area contributed by atoms with Crippen LogP contribution < -0.4 is 9.47 Å². The smallest absolute Gasteiger partial charge is 0.387 e. The molecule has 2 rings (SSSR count). The van der Waals surface area contributed by atoms with Crippen molar-refractivity contribution < 1.29 is 33.0 Å². The van der Waals surface area contributed by atoms with Gasteiger partial charge in [0.2, 0.25) is 5.91 Å². The zero-order valence-electron chi connectivity index (χ0n) is 13.9. The molecule has 0 aliphatic rings. The fourth-order valence-electron chi connectivity index (χ4n) is 2.10. The Bertz CT molecular complexity index is 796. The number of amides is 1. The van der Waals surface area contributed by atoms with Crippen molar-refractivity contribution in [3.63, 3.8) is 0 Å². The Labute approximate surface area is 146 Å². The van der Waals surface area contributed by atoms with E-state index in [1.807, 2.05) is 0 Å². The van der Waals surface area contributed by atoms with Crippen LogP contribution in [0.15, 0.2) is 24.4 Å². The second kappa shape index (κ2) is 8.23. The Kier molecular flexibility index (Phi) is 6.04. The van der Waals surface area contributed by atoms with Crippen LogP contribution >= 0.6 is 0 Å². The van der Waals surface area contributed by atoms with Crippen molar-refractivity contribution in [3.8, 4) is 11.5 Å². The Morgan fingerprint density at radius 3 is 2.65 bits per heavy atom. The van der Waals surface area contributed by atoms with Gasteiger partial charge in [-0.05, 0) is 17.7 Å². The summed E-state index contributed by atoms with van der Waals surface area (Å²) in [4.78, 5) is 24.3. The first-order valence-electron chi connectivity index (χ1n) is 7.29. The highest BCUT2D eigenvalue weighted by Crippen LogP contribution is 2.29. The molecule has 0 saturated carbocycles. The molecule has 0 fully saturated rings. The topological polar surface area (TPSA) is 107 Å². The number of halogens is 2. The van der Waals surface area contributed by atoms with Crippen LogP contribution in [-0.4, -0.2) is 57.6 Å². The minimum absolute atomic E-state index is 0.114. The van der Waals surface area contributed by atoms with Gasteiger partial charge in [0.15, 0.2) is 17.2 Å². The molecule has 140 valence electrons. The number of nitrogens with zero attached hydrogens (tertiary/aromatic N) is 4. The van der Waals surface area contributed by atoms with E-state index in [-0.39, 0.29) is 36.2 Å². The lowest BCUT2D eigenvalue weighted by molar-refractivity contribution is -0.131. The molecule has 1 aromatic carbocycles. The molecule has 1 aromatic heterocycles. The molecule has 1 heterocycles. The number of ether oxygens (including phenoxy) is 2. The summed E-state index contributed by atoms with van der Waals surface area (Å²) >= 11 is 0. The van der Waals surface area contributed by atoms with E-state index < -0.39 is 12.6 Å². The molecule has 26 heavy (non-hydrogen) atoms. The first kappa shape index (κ1) is 19.1. The van der Waals surface area contributed by atoms with E-state index in [4.69, 9.17) is 9.84 Å². The van der Waals surface area contributed by atoms with Crippen molar-refractivity contribution in [2.45, 2.75) is 19.7 Å². The molecule has 2 aromatic rings. The van der Waals surface area contributed by atoms with Gasteiger partial charge in [0.25, 0.3) is 0 Å². The molecule has 11 heteroatoms. The lowest BCUT2D eigenvalue weighted by Gasteiger charge is -2.18. The van der Waals surface area contributed by atoms with E-state index in [2.05, 4.69) is 15.0 Å². The lowest BCUT2D eigenvalue weighted by Crippen LogP contribution is -2.30. The molecule has 0 aliphatic carbocycles. The number of aromatic nitrogens is 3. The fourth-order valence-corrected chi connectivity index (χ4v) is 2.10. The van der Waals surface area contributed by atoms with Gasteiger partial charge in [0, 0.05) is 13.6 Å². The maximum absolute atomic E-state index is 12.5. The Morgan fingerprint density at radius 1 is 1.35 bits per heavy atom. The number of carbonyl (C=O) groups excluding carboxylic acids is 1. The molecule has 9 nitrogen and oxygen atoms in total. The number of aromatic carboxylic acids is 1. The normalized spacial score (nSPS) is 10.7. The lowest BCUT2D eigenvalue weighted by atomic mass is 10.2. The summed E-state index contributed by atoms with van der Waals surface area (Å²) in [6.07, 6.45) is 1.13. The van der Waals surface area contributed by atoms with Crippen LogP contribution in [0.3, 0.4) is 0 Å². The third-order valence-electron chi connectivity index (χ3n) is 3.34. The molecule has 1 N–H and O–H groups in total. The van der Waals surface area contributed by atoms with Crippen LogP contribution in [0.25, 0.3) is 0 Å². The van der Waals surface area contributed by atoms with Gasteiger partial charge in [0.05, 0.1) is 13.3 Å². The molecule has 0 radical (unpaired) electrons.